The second-order valence-corrected chi connectivity index (χ2v) is 18.0. The lowest BCUT2D eigenvalue weighted by Crippen LogP contribution is -2.33. The molecule has 0 atom stereocenters. The van der Waals surface area contributed by atoms with Gasteiger partial charge in [0.15, 0.2) is 0 Å². The van der Waals surface area contributed by atoms with Crippen LogP contribution >= 0.6 is 0 Å². The van der Waals surface area contributed by atoms with Gasteiger partial charge >= 0.3 is 6.09 Å². The highest BCUT2D eigenvalue weighted by atomic mass is 16.6. The molecule has 10 heteroatoms. The van der Waals surface area contributed by atoms with Crippen LogP contribution in [0.2, 0.25) is 0 Å². The van der Waals surface area contributed by atoms with Crippen LogP contribution in [0.3, 0.4) is 0 Å². The van der Waals surface area contributed by atoms with E-state index >= 15 is 0 Å². The van der Waals surface area contributed by atoms with Crippen molar-refractivity contribution in [2.24, 2.45) is 11.8 Å². The topological polar surface area (TPSA) is 103 Å². The molecule has 0 saturated heterocycles. The number of fused-ring (bicyclic) bond motifs is 2. The highest BCUT2D eigenvalue weighted by Gasteiger charge is 2.28. The van der Waals surface area contributed by atoms with Crippen LogP contribution in [0.4, 0.5) is 4.79 Å². The van der Waals surface area contributed by atoms with E-state index in [4.69, 9.17) is 14.7 Å². The SMILES string of the molecule is Cc1ccc(-c2cnn(CCC(C)C)c2)c(-c2ccc3c(c2)CN(C(=O)OC(C)(C)C)C3)n1.Cc1ccc(-c2cnn(CCC(C)C)c2)c(-c2ccc3c(c2)CNC3)n1. The van der Waals surface area contributed by atoms with E-state index in [0.29, 0.717) is 24.9 Å². The molecule has 2 aliphatic heterocycles. The molecule has 6 aromatic rings. The van der Waals surface area contributed by atoms with E-state index in [1.165, 1.54) is 16.7 Å². The fraction of sp³-hybridized carbons (Fsp3) is 0.408. The molecule has 308 valence electrons. The van der Waals surface area contributed by atoms with Crippen LogP contribution in [0.25, 0.3) is 44.8 Å². The average molecular weight is 793 g/mol. The van der Waals surface area contributed by atoms with Crippen LogP contribution in [0, 0.1) is 25.7 Å². The van der Waals surface area contributed by atoms with E-state index in [-0.39, 0.29) is 6.09 Å². The number of carbonyl (C=O) groups excluding carboxylic acids is 1. The van der Waals surface area contributed by atoms with E-state index in [1.54, 1.807) is 4.90 Å². The summed E-state index contributed by atoms with van der Waals surface area (Å²) < 4.78 is 9.62. The van der Waals surface area contributed by atoms with E-state index in [2.05, 4.69) is 110 Å². The van der Waals surface area contributed by atoms with Crippen molar-refractivity contribution < 1.29 is 9.53 Å². The van der Waals surface area contributed by atoms with Gasteiger partial charge in [-0.15, -0.1) is 0 Å². The van der Waals surface area contributed by atoms with E-state index in [0.717, 1.165) is 101 Å². The van der Waals surface area contributed by atoms with E-state index < -0.39 is 5.60 Å². The summed E-state index contributed by atoms with van der Waals surface area (Å²) in [5.41, 5.74) is 15.2. The summed E-state index contributed by atoms with van der Waals surface area (Å²) in [6, 6.07) is 21.5. The normalized spacial score (nSPS) is 13.4. The quantitative estimate of drug-likeness (QED) is 0.147. The summed E-state index contributed by atoms with van der Waals surface area (Å²) in [5, 5.41) is 12.5. The third-order valence-corrected chi connectivity index (χ3v) is 10.8. The van der Waals surface area contributed by atoms with Crippen LogP contribution in [-0.4, -0.2) is 46.1 Å². The van der Waals surface area contributed by atoms with Gasteiger partial charge in [0.25, 0.3) is 0 Å². The Hall–Kier alpha value is -5.61. The molecule has 2 aliphatic rings. The molecule has 0 saturated carbocycles. The maximum atomic E-state index is 12.5. The second kappa shape index (κ2) is 17.7. The molecular formula is C49H60N8O2. The lowest BCUT2D eigenvalue weighted by molar-refractivity contribution is 0.0242. The van der Waals surface area contributed by atoms with Gasteiger partial charge in [-0.3, -0.25) is 24.2 Å². The Morgan fingerprint density at radius 2 is 1.15 bits per heavy atom. The minimum absolute atomic E-state index is 0.275. The van der Waals surface area contributed by atoms with Gasteiger partial charge in [-0.05, 0) is 106 Å². The van der Waals surface area contributed by atoms with Crippen LogP contribution < -0.4 is 5.32 Å². The highest BCUT2D eigenvalue weighted by Crippen LogP contribution is 2.35. The zero-order valence-corrected chi connectivity index (χ0v) is 36.3. The Morgan fingerprint density at radius 3 is 1.68 bits per heavy atom. The molecule has 1 N–H and O–H groups in total. The summed E-state index contributed by atoms with van der Waals surface area (Å²) in [6.45, 7) is 23.6. The molecule has 6 heterocycles. The predicted octanol–water partition coefficient (Wildman–Crippen LogP) is 10.8. The average Bonchev–Trinajstić information content (AvgIpc) is 4.02. The Bertz CT molecular complexity index is 2420. The van der Waals surface area contributed by atoms with Gasteiger partial charge < -0.3 is 10.1 Å². The predicted molar refractivity (Wildman–Crippen MR) is 236 cm³/mol. The Kier molecular flexibility index (Phi) is 12.5. The molecule has 0 radical (unpaired) electrons. The highest BCUT2D eigenvalue weighted by molar-refractivity contribution is 5.82. The van der Waals surface area contributed by atoms with Gasteiger partial charge in [0.05, 0.1) is 23.8 Å². The van der Waals surface area contributed by atoms with Crippen molar-refractivity contribution >= 4 is 6.09 Å². The minimum Gasteiger partial charge on any atom is -0.444 e. The van der Waals surface area contributed by atoms with Crippen molar-refractivity contribution in [2.45, 2.75) is 120 Å². The lowest BCUT2D eigenvalue weighted by Gasteiger charge is -2.24. The third kappa shape index (κ3) is 10.3. The number of aryl methyl sites for hydroxylation is 4. The maximum Gasteiger partial charge on any atom is 0.410 e. The Labute approximate surface area is 350 Å². The van der Waals surface area contributed by atoms with Gasteiger partial charge in [-0.25, -0.2) is 4.79 Å². The third-order valence-electron chi connectivity index (χ3n) is 10.8. The first-order valence-corrected chi connectivity index (χ1v) is 21.1. The monoisotopic (exact) mass is 792 g/mol. The lowest BCUT2D eigenvalue weighted by atomic mass is 9.98. The van der Waals surface area contributed by atoms with Gasteiger partial charge in [-0.1, -0.05) is 64.1 Å². The first-order chi connectivity index (χ1) is 28.2. The van der Waals surface area contributed by atoms with E-state index in [1.807, 2.05) is 62.4 Å². The maximum absolute atomic E-state index is 12.5. The Morgan fingerprint density at radius 1 is 0.661 bits per heavy atom. The zero-order chi connectivity index (χ0) is 41.8. The number of ether oxygens (including phenoxy) is 1. The number of pyridine rings is 2. The fourth-order valence-corrected chi connectivity index (χ4v) is 7.49. The molecule has 2 aromatic carbocycles. The van der Waals surface area contributed by atoms with Crippen molar-refractivity contribution in [3.63, 3.8) is 0 Å². The molecule has 0 bridgehead atoms. The number of hydrogen-bond donors (Lipinski definition) is 1. The van der Waals surface area contributed by atoms with Gasteiger partial charge in [0, 0.05) is 96.4 Å². The standard InChI is InChI=1S/C27H34N4O2.C22H26N4/c1-18(2)11-12-31-17-23(14-28-31)24-10-7-19(3)29-25(24)20-8-9-21-15-30(16-22(21)13-20)26(32)33-27(4,5)6;1-15(2)8-9-26-14-20(13-24-26)21-7-4-16(3)25-22(21)17-5-6-18-11-23-12-19(18)10-17/h7-10,13-14,17-18H,11-12,15-16H2,1-6H3;4-7,10,13-15,23H,8-9,11-12H2,1-3H3. The van der Waals surface area contributed by atoms with Crippen LogP contribution in [0.1, 0.15) is 94.9 Å². The molecule has 10 nitrogen and oxygen atoms in total. The fourth-order valence-electron chi connectivity index (χ4n) is 7.49. The van der Waals surface area contributed by atoms with Crippen molar-refractivity contribution in [1.82, 2.24) is 39.7 Å². The molecule has 4 aromatic heterocycles. The molecule has 59 heavy (non-hydrogen) atoms. The van der Waals surface area contributed by atoms with Gasteiger partial charge in [0.1, 0.15) is 5.60 Å². The molecule has 1 amide bonds. The molecule has 0 aliphatic carbocycles. The number of rotatable bonds is 10. The van der Waals surface area contributed by atoms with Crippen molar-refractivity contribution in [2.75, 3.05) is 0 Å². The number of hydrogen-bond acceptors (Lipinski definition) is 7. The largest absolute Gasteiger partial charge is 0.444 e. The van der Waals surface area contributed by atoms with Crippen molar-refractivity contribution in [3.8, 4) is 44.8 Å². The zero-order valence-electron chi connectivity index (χ0n) is 36.3. The van der Waals surface area contributed by atoms with Crippen LogP contribution in [0.15, 0.2) is 85.5 Å². The summed E-state index contributed by atoms with van der Waals surface area (Å²) in [7, 11) is 0. The molecule has 0 unspecified atom stereocenters. The number of nitrogens with zero attached hydrogens (tertiary/aromatic N) is 7. The first-order valence-electron chi connectivity index (χ1n) is 21.1. The number of aromatic nitrogens is 6. The summed E-state index contributed by atoms with van der Waals surface area (Å²) in [5.74, 6) is 1.32. The smallest absolute Gasteiger partial charge is 0.410 e. The summed E-state index contributed by atoms with van der Waals surface area (Å²) in [6.07, 6.45) is 10.1. The van der Waals surface area contributed by atoms with Crippen LogP contribution in [0.5, 0.6) is 0 Å². The van der Waals surface area contributed by atoms with E-state index in [9.17, 15) is 4.79 Å². The second-order valence-electron chi connectivity index (χ2n) is 18.0. The summed E-state index contributed by atoms with van der Waals surface area (Å²) >= 11 is 0. The van der Waals surface area contributed by atoms with Crippen LogP contribution in [-0.2, 0) is 44.0 Å². The first kappa shape index (κ1) is 41.5. The Balaban J connectivity index is 0.000000184. The molecular weight excluding hydrogens is 733 g/mol. The molecule has 0 spiro atoms. The minimum atomic E-state index is -0.503. The molecule has 8 rings (SSSR count). The van der Waals surface area contributed by atoms with Gasteiger partial charge in [-0.2, -0.15) is 10.2 Å². The van der Waals surface area contributed by atoms with Crippen molar-refractivity contribution in [3.05, 3.63) is 119 Å². The number of amides is 1. The summed E-state index contributed by atoms with van der Waals surface area (Å²) in [4.78, 5) is 24.1. The number of benzene rings is 2. The van der Waals surface area contributed by atoms with Gasteiger partial charge in [0.2, 0.25) is 0 Å². The number of carbonyl (C=O) groups is 1. The van der Waals surface area contributed by atoms with Crippen molar-refractivity contribution in [1.29, 1.82) is 0 Å². The molecule has 0 fully saturated rings. The number of nitrogens with one attached hydrogen (secondary N) is 1.